The predicted molar refractivity (Wildman–Crippen MR) is 79.3 cm³/mol. The van der Waals surface area contributed by atoms with Crippen LogP contribution in [0.2, 0.25) is 0 Å². The molecule has 0 N–H and O–H groups in total. The molecule has 1 aromatic heterocycles. The first-order chi connectivity index (χ1) is 9.65. The summed E-state index contributed by atoms with van der Waals surface area (Å²) >= 11 is 0. The lowest BCUT2D eigenvalue weighted by atomic mass is 10.1. The van der Waals surface area contributed by atoms with Crippen molar-refractivity contribution in [3.05, 3.63) is 54.6 Å². The van der Waals surface area contributed by atoms with Gasteiger partial charge in [0, 0.05) is 30.7 Å². The summed E-state index contributed by atoms with van der Waals surface area (Å²) in [5.41, 5.74) is 3.67. The van der Waals surface area contributed by atoms with E-state index in [9.17, 15) is 4.39 Å². The average molecular weight is 267 g/mol. The van der Waals surface area contributed by atoms with Crippen molar-refractivity contribution in [3.8, 4) is 11.3 Å². The average Bonchev–Trinajstić information content (AvgIpc) is 2.47. The van der Waals surface area contributed by atoms with Crippen LogP contribution in [-0.4, -0.2) is 24.1 Å². The Bertz CT molecular complexity index is 751. The van der Waals surface area contributed by atoms with Crippen LogP contribution in [0.15, 0.2) is 48.8 Å². The number of hydrogen-bond acceptors (Lipinski definition) is 3. The third-order valence-electron chi connectivity index (χ3n) is 3.25. The zero-order chi connectivity index (χ0) is 14.1. The van der Waals surface area contributed by atoms with Crippen LogP contribution in [0.4, 0.5) is 10.1 Å². The molecule has 100 valence electrons. The van der Waals surface area contributed by atoms with Gasteiger partial charge in [-0.1, -0.05) is 0 Å². The largest absolute Gasteiger partial charge is 0.378 e. The molecule has 0 fully saturated rings. The number of benzene rings is 2. The van der Waals surface area contributed by atoms with Crippen LogP contribution < -0.4 is 4.90 Å². The number of halogens is 1. The number of fused-ring (bicyclic) bond motifs is 1. The summed E-state index contributed by atoms with van der Waals surface area (Å²) in [7, 11) is 3.98. The van der Waals surface area contributed by atoms with Gasteiger partial charge < -0.3 is 4.90 Å². The first kappa shape index (κ1) is 12.5. The lowest BCUT2D eigenvalue weighted by Gasteiger charge is -2.13. The Morgan fingerprint density at radius 1 is 0.950 bits per heavy atom. The Morgan fingerprint density at radius 2 is 1.70 bits per heavy atom. The maximum atomic E-state index is 13.0. The molecular weight excluding hydrogens is 253 g/mol. The van der Waals surface area contributed by atoms with Gasteiger partial charge in [-0.25, -0.2) is 14.4 Å². The Morgan fingerprint density at radius 3 is 2.40 bits per heavy atom. The number of hydrogen-bond donors (Lipinski definition) is 0. The van der Waals surface area contributed by atoms with E-state index in [1.54, 1.807) is 18.5 Å². The molecule has 0 bridgehead atoms. The molecule has 3 aromatic rings. The number of rotatable bonds is 2. The van der Waals surface area contributed by atoms with Gasteiger partial charge in [-0.05, 0) is 42.5 Å². The standard InChI is InChI=1S/C16H14FN3/c1-20(2)13-7-8-14-15(9-13)18-10-19-16(14)11-3-5-12(17)6-4-11/h3-10H,1-2H3. The van der Waals surface area contributed by atoms with Crippen LogP contribution in [0.1, 0.15) is 0 Å². The molecule has 0 aliphatic rings. The third kappa shape index (κ3) is 2.20. The van der Waals surface area contributed by atoms with E-state index in [0.29, 0.717) is 0 Å². The van der Waals surface area contributed by atoms with Crippen molar-refractivity contribution < 1.29 is 4.39 Å². The molecule has 2 aromatic carbocycles. The fraction of sp³-hybridized carbons (Fsp3) is 0.125. The number of anilines is 1. The van der Waals surface area contributed by atoms with Crippen molar-refractivity contribution in [1.82, 2.24) is 9.97 Å². The highest BCUT2D eigenvalue weighted by atomic mass is 19.1. The SMILES string of the molecule is CN(C)c1ccc2c(-c3ccc(F)cc3)ncnc2c1. The molecule has 4 heteroatoms. The second-order valence-corrected chi connectivity index (χ2v) is 4.83. The van der Waals surface area contributed by atoms with Gasteiger partial charge >= 0.3 is 0 Å². The Balaban J connectivity index is 2.19. The maximum absolute atomic E-state index is 13.0. The lowest BCUT2D eigenvalue weighted by molar-refractivity contribution is 0.628. The van der Waals surface area contributed by atoms with Gasteiger partial charge in [-0.2, -0.15) is 0 Å². The molecule has 0 amide bonds. The van der Waals surface area contributed by atoms with Crippen LogP contribution in [0.25, 0.3) is 22.2 Å². The van der Waals surface area contributed by atoms with Gasteiger partial charge in [0.25, 0.3) is 0 Å². The van der Waals surface area contributed by atoms with Gasteiger partial charge in [-0.3, -0.25) is 0 Å². The van der Waals surface area contributed by atoms with E-state index in [1.807, 2.05) is 37.2 Å². The summed E-state index contributed by atoms with van der Waals surface area (Å²) in [4.78, 5) is 10.7. The fourth-order valence-corrected chi connectivity index (χ4v) is 2.16. The van der Waals surface area contributed by atoms with Crippen molar-refractivity contribution >= 4 is 16.6 Å². The lowest BCUT2D eigenvalue weighted by Crippen LogP contribution is -2.08. The normalized spacial score (nSPS) is 10.8. The van der Waals surface area contributed by atoms with Crippen molar-refractivity contribution in [3.63, 3.8) is 0 Å². The van der Waals surface area contributed by atoms with Crippen molar-refractivity contribution in [2.45, 2.75) is 0 Å². The molecule has 0 aliphatic carbocycles. The molecule has 3 rings (SSSR count). The van der Waals surface area contributed by atoms with Gasteiger partial charge in [-0.15, -0.1) is 0 Å². The topological polar surface area (TPSA) is 29.0 Å². The summed E-state index contributed by atoms with van der Waals surface area (Å²) in [6.45, 7) is 0. The Kier molecular flexibility index (Phi) is 3.06. The Labute approximate surface area is 116 Å². The smallest absolute Gasteiger partial charge is 0.123 e. The van der Waals surface area contributed by atoms with Crippen LogP contribution in [0.5, 0.6) is 0 Å². The highest BCUT2D eigenvalue weighted by molar-refractivity contribution is 5.93. The fourth-order valence-electron chi connectivity index (χ4n) is 2.16. The van der Waals surface area contributed by atoms with Crippen LogP contribution in [0, 0.1) is 5.82 Å². The van der Waals surface area contributed by atoms with E-state index in [4.69, 9.17) is 0 Å². The predicted octanol–water partition coefficient (Wildman–Crippen LogP) is 3.50. The minimum atomic E-state index is -0.248. The van der Waals surface area contributed by atoms with Gasteiger partial charge in [0.1, 0.15) is 12.1 Å². The summed E-state index contributed by atoms with van der Waals surface area (Å²) in [6, 6.07) is 12.4. The minimum absolute atomic E-state index is 0.248. The minimum Gasteiger partial charge on any atom is -0.378 e. The van der Waals surface area contributed by atoms with E-state index >= 15 is 0 Å². The summed E-state index contributed by atoms with van der Waals surface area (Å²) in [6.07, 6.45) is 1.54. The molecule has 0 saturated heterocycles. The van der Waals surface area contributed by atoms with Crippen LogP contribution in [-0.2, 0) is 0 Å². The third-order valence-corrected chi connectivity index (χ3v) is 3.25. The van der Waals surface area contributed by atoms with Crippen LogP contribution >= 0.6 is 0 Å². The van der Waals surface area contributed by atoms with E-state index in [0.717, 1.165) is 27.8 Å². The first-order valence-electron chi connectivity index (χ1n) is 6.33. The molecule has 0 atom stereocenters. The molecule has 0 spiro atoms. The van der Waals surface area contributed by atoms with E-state index in [-0.39, 0.29) is 5.82 Å². The van der Waals surface area contributed by atoms with Crippen molar-refractivity contribution in [2.24, 2.45) is 0 Å². The van der Waals surface area contributed by atoms with Gasteiger partial charge in [0.15, 0.2) is 0 Å². The van der Waals surface area contributed by atoms with E-state index in [1.165, 1.54) is 12.1 Å². The second kappa shape index (κ2) is 4.89. The molecule has 0 aliphatic heterocycles. The van der Waals surface area contributed by atoms with Crippen molar-refractivity contribution in [2.75, 3.05) is 19.0 Å². The quantitative estimate of drug-likeness (QED) is 0.711. The maximum Gasteiger partial charge on any atom is 0.123 e. The highest BCUT2D eigenvalue weighted by Gasteiger charge is 2.07. The zero-order valence-electron chi connectivity index (χ0n) is 11.3. The highest BCUT2D eigenvalue weighted by Crippen LogP contribution is 2.27. The van der Waals surface area contributed by atoms with Crippen molar-refractivity contribution in [1.29, 1.82) is 0 Å². The molecule has 0 radical (unpaired) electrons. The molecule has 3 nitrogen and oxygen atoms in total. The van der Waals surface area contributed by atoms with Gasteiger partial charge in [0.2, 0.25) is 0 Å². The molecule has 1 heterocycles. The summed E-state index contributed by atoms with van der Waals surface area (Å²) in [5, 5.41) is 0.963. The molecule has 0 unspecified atom stereocenters. The van der Waals surface area contributed by atoms with Gasteiger partial charge in [0.05, 0.1) is 11.2 Å². The summed E-state index contributed by atoms with van der Waals surface area (Å²) in [5.74, 6) is -0.248. The molecule has 20 heavy (non-hydrogen) atoms. The molecular formula is C16H14FN3. The monoisotopic (exact) mass is 267 g/mol. The van der Waals surface area contributed by atoms with E-state index in [2.05, 4.69) is 9.97 Å². The number of nitrogens with zero attached hydrogens (tertiary/aromatic N) is 3. The summed E-state index contributed by atoms with van der Waals surface area (Å²) < 4.78 is 13.0. The van der Waals surface area contributed by atoms with E-state index < -0.39 is 0 Å². The number of aromatic nitrogens is 2. The first-order valence-corrected chi connectivity index (χ1v) is 6.33. The zero-order valence-corrected chi connectivity index (χ0v) is 11.3. The molecule has 0 saturated carbocycles. The van der Waals surface area contributed by atoms with Crippen LogP contribution in [0.3, 0.4) is 0 Å². The Hall–Kier alpha value is -2.49. The second-order valence-electron chi connectivity index (χ2n) is 4.83.